The van der Waals surface area contributed by atoms with Gasteiger partial charge in [0.25, 0.3) is 5.91 Å². The highest BCUT2D eigenvalue weighted by molar-refractivity contribution is 9.10. The summed E-state index contributed by atoms with van der Waals surface area (Å²) in [7, 11) is 0. The van der Waals surface area contributed by atoms with Crippen molar-refractivity contribution >= 4 is 27.7 Å². The lowest BCUT2D eigenvalue weighted by Crippen LogP contribution is -2.33. The smallest absolute Gasteiger partial charge is 0.255 e. The van der Waals surface area contributed by atoms with Crippen molar-refractivity contribution in [1.29, 1.82) is 0 Å². The minimum absolute atomic E-state index is 0.0540. The van der Waals surface area contributed by atoms with E-state index in [1.54, 1.807) is 6.20 Å². The Kier molecular flexibility index (Phi) is 4.68. The zero-order chi connectivity index (χ0) is 14.8. The summed E-state index contributed by atoms with van der Waals surface area (Å²) >= 11 is 3.37. The van der Waals surface area contributed by atoms with Crippen LogP contribution in [0.2, 0.25) is 0 Å². The normalized spacial score (nSPS) is 16.1. The summed E-state index contributed by atoms with van der Waals surface area (Å²) in [5.74, 6) is 1.20. The van der Waals surface area contributed by atoms with Gasteiger partial charge in [-0.25, -0.2) is 4.98 Å². The molecule has 1 amide bonds. The maximum atomic E-state index is 12.4. The molecular formula is C15H22BrN3O. The average Bonchev–Trinajstić information content (AvgIpc) is 3.19. The molecule has 0 unspecified atom stereocenters. The Labute approximate surface area is 128 Å². The lowest BCUT2D eigenvalue weighted by atomic mass is 9.92. The van der Waals surface area contributed by atoms with Crippen molar-refractivity contribution in [2.45, 2.75) is 33.6 Å². The first-order valence-corrected chi connectivity index (χ1v) is 7.95. The first-order chi connectivity index (χ1) is 9.48. The number of amides is 1. The molecule has 0 radical (unpaired) electrons. The summed E-state index contributed by atoms with van der Waals surface area (Å²) < 4.78 is 0.814. The molecule has 5 heteroatoms. The molecule has 2 rings (SSSR count). The van der Waals surface area contributed by atoms with Crippen molar-refractivity contribution in [3.63, 3.8) is 0 Å². The molecule has 1 aromatic rings. The molecule has 1 saturated carbocycles. The van der Waals surface area contributed by atoms with E-state index < -0.39 is 0 Å². The van der Waals surface area contributed by atoms with Crippen molar-refractivity contribution in [2.75, 3.05) is 18.4 Å². The van der Waals surface area contributed by atoms with Crippen LogP contribution >= 0.6 is 15.9 Å². The van der Waals surface area contributed by atoms with Crippen LogP contribution in [-0.4, -0.2) is 24.0 Å². The number of carbonyl (C=O) groups is 1. The molecule has 1 heterocycles. The van der Waals surface area contributed by atoms with Gasteiger partial charge in [0.05, 0.1) is 5.56 Å². The maximum Gasteiger partial charge on any atom is 0.255 e. The predicted molar refractivity (Wildman–Crippen MR) is 84.9 cm³/mol. The Morgan fingerprint density at radius 2 is 2.20 bits per heavy atom. The largest absolute Gasteiger partial charge is 0.370 e. The van der Waals surface area contributed by atoms with Gasteiger partial charge in [-0.2, -0.15) is 0 Å². The summed E-state index contributed by atoms with van der Waals surface area (Å²) in [6, 6.07) is 1.81. The Balaban J connectivity index is 2.07. The molecular weight excluding hydrogens is 318 g/mol. The second kappa shape index (κ2) is 6.12. The van der Waals surface area contributed by atoms with Gasteiger partial charge in [0.1, 0.15) is 5.82 Å². The SMILES string of the molecule is CCNc1ncc(Br)cc1C(=O)NCC1(C(C)C)CC1. The third kappa shape index (κ3) is 3.32. The Morgan fingerprint density at radius 1 is 1.50 bits per heavy atom. The van der Waals surface area contributed by atoms with Gasteiger partial charge in [0.15, 0.2) is 0 Å². The molecule has 2 N–H and O–H groups in total. The summed E-state index contributed by atoms with van der Waals surface area (Å²) in [4.78, 5) is 16.6. The van der Waals surface area contributed by atoms with Crippen LogP contribution in [0.3, 0.4) is 0 Å². The van der Waals surface area contributed by atoms with Crippen molar-refractivity contribution in [3.05, 3.63) is 22.3 Å². The Bertz CT molecular complexity index is 498. The zero-order valence-electron chi connectivity index (χ0n) is 12.3. The van der Waals surface area contributed by atoms with Crippen LogP contribution in [0, 0.1) is 11.3 Å². The Hall–Kier alpha value is -1.10. The monoisotopic (exact) mass is 339 g/mol. The summed E-state index contributed by atoms with van der Waals surface area (Å²) in [5, 5.41) is 6.20. The second-order valence-electron chi connectivity index (χ2n) is 5.78. The number of nitrogens with zero attached hydrogens (tertiary/aromatic N) is 1. The van der Waals surface area contributed by atoms with Crippen LogP contribution in [-0.2, 0) is 0 Å². The molecule has 0 bridgehead atoms. The quantitative estimate of drug-likeness (QED) is 0.834. The van der Waals surface area contributed by atoms with Gasteiger partial charge < -0.3 is 10.6 Å². The van der Waals surface area contributed by atoms with E-state index in [0.29, 0.717) is 22.7 Å². The number of aromatic nitrogens is 1. The molecule has 0 aromatic carbocycles. The van der Waals surface area contributed by atoms with Gasteiger partial charge in [0, 0.05) is 23.8 Å². The molecule has 20 heavy (non-hydrogen) atoms. The molecule has 1 aliphatic carbocycles. The van der Waals surface area contributed by atoms with E-state index in [1.807, 2.05) is 13.0 Å². The molecule has 0 aliphatic heterocycles. The number of halogens is 1. The van der Waals surface area contributed by atoms with E-state index >= 15 is 0 Å². The molecule has 0 spiro atoms. The van der Waals surface area contributed by atoms with Crippen LogP contribution in [0.25, 0.3) is 0 Å². The first kappa shape index (κ1) is 15.3. The first-order valence-electron chi connectivity index (χ1n) is 7.16. The van der Waals surface area contributed by atoms with Gasteiger partial charge in [-0.05, 0) is 53.1 Å². The number of carbonyl (C=O) groups excluding carboxylic acids is 1. The highest BCUT2D eigenvalue weighted by atomic mass is 79.9. The lowest BCUT2D eigenvalue weighted by molar-refractivity contribution is 0.0940. The van der Waals surface area contributed by atoms with E-state index in [-0.39, 0.29) is 5.91 Å². The fourth-order valence-electron chi connectivity index (χ4n) is 2.39. The molecule has 1 aliphatic rings. The van der Waals surface area contributed by atoms with Crippen molar-refractivity contribution < 1.29 is 4.79 Å². The second-order valence-corrected chi connectivity index (χ2v) is 6.70. The molecule has 110 valence electrons. The van der Waals surface area contributed by atoms with Crippen molar-refractivity contribution in [1.82, 2.24) is 10.3 Å². The Morgan fingerprint density at radius 3 is 2.75 bits per heavy atom. The minimum atomic E-state index is -0.0540. The predicted octanol–water partition coefficient (Wildman–Crippen LogP) is 3.44. The van der Waals surface area contributed by atoms with E-state index in [2.05, 4.69) is 45.4 Å². The van der Waals surface area contributed by atoms with Gasteiger partial charge in [-0.15, -0.1) is 0 Å². The number of nitrogens with one attached hydrogen (secondary N) is 2. The van der Waals surface area contributed by atoms with E-state index in [4.69, 9.17) is 0 Å². The number of rotatable bonds is 6. The van der Waals surface area contributed by atoms with E-state index in [9.17, 15) is 4.79 Å². The van der Waals surface area contributed by atoms with E-state index in [1.165, 1.54) is 12.8 Å². The van der Waals surface area contributed by atoms with Crippen LogP contribution in [0.15, 0.2) is 16.7 Å². The minimum Gasteiger partial charge on any atom is -0.370 e. The summed E-state index contributed by atoms with van der Waals surface area (Å²) in [6.45, 7) is 7.93. The molecule has 1 aromatic heterocycles. The fraction of sp³-hybridized carbons (Fsp3) is 0.600. The van der Waals surface area contributed by atoms with Gasteiger partial charge in [0.2, 0.25) is 0 Å². The lowest BCUT2D eigenvalue weighted by Gasteiger charge is -2.20. The molecule has 4 nitrogen and oxygen atoms in total. The third-order valence-corrected chi connectivity index (χ3v) is 4.59. The summed E-state index contributed by atoms with van der Waals surface area (Å²) in [6.07, 6.45) is 4.12. The van der Waals surface area contributed by atoms with E-state index in [0.717, 1.165) is 17.6 Å². The van der Waals surface area contributed by atoms with Gasteiger partial charge >= 0.3 is 0 Å². The van der Waals surface area contributed by atoms with Crippen LogP contribution in [0.5, 0.6) is 0 Å². The standard InChI is InChI=1S/C15H22BrN3O/c1-4-17-13-12(7-11(16)8-18-13)14(20)19-9-15(5-6-15)10(2)3/h7-8,10H,4-6,9H2,1-3H3,(H,17,18)(H,19,20). The van der Waals surface area contributed by atoms with Gasteiger partial charge in [-0.1, -0.05) is 13.8 Å². The zero-order valence-corrected chi connectivity index (χ0v) is 13.9. The van der Waals surface area contributed by atoms with Gasteiger partial charge in [-0.3, -0.25) is 4.79 Å². The highest BCUT2D eigenvalue weighted by Crippen LogP contribution is 2.51. The topological polar surface area (TPSA) is 54.0 Å². The average molecular weight is 340 g/mol. The highest BCUT2D eigenvalue weighted by Gasteiger charge is 2.45. The number of hydrogen-bond acceptors (Lipinski definition) is 3. The molecule has 0 atom stereocenters. The van der Waals surface area contributed by atoms with Crippen LogP contribution < -0.4 is 10.6 Å². The number of anilines is 1. The molecule has 0 saturated heterocycles. The van der Waals surface area contributed by atoms with Crippen molar-refractivity contribution in [2.24, 2.45) is 11.3 Å². The fourth-order valence-corrected chi connectivity index (χ4v) is 2.72. The van der Waals surface area contributed by atoms with Crippen molar-refractivity contribution in [3.8, 4) is 0 Å². The number of pyridine rings is 1. The molecule has 1 fully saturated rings. The summed E-state index contributed by atoms with van der Waals surface area (Å²) in [5.41, 5.74) is 0.911. The van der Waals surface area contributed by atoms with Crippen LogP contribution in [0.1, 0.15) is 44.0 Å². The maximum absolute atomic E-state index is 12.4. The third-order valence-electron chi connectivity index (χ3n) is 4.16. The number of hydrogen-bond donors (Lipinski definition) is 2. The van der Waals surface area contributed by atoms with Crippen LogP contribution in [0.4, 0.5) is 5.82 Å².